The minimum absolute atomic E-state index is 0.145. The normalized spacial score (nSPS) is 12.9. The fourth-order valence-electron chi connectivity index (χ4n) is 3.06. The van der Waals surface area contributed by atoms with Crippen LogP contribution in [0.25, 0.3) is 0 Å². The number of rotatable bonds is 6. The first-order chi connectivity index (χ1) is 13.5. The number of ether oxygens (including phenoxy) is 3. The van der Waals surface area contributed by atoms with E-state index < -0.39 is 11.6 Å². The van der Waals surface area contributed by atoms with Gasteiger partial charge in [0.2, 0.25) is 0 Å². The molecule has 2 amide bonds. The Morgan fingerprint density at radius 3 is 2.46 bits per heavy atom. The Labute approximate surface area is 162 Å². The number of hydrogen-bond donors (Lipinski definition) is 1. The molecule has 0 bridgehead atoms. The van der Waals surface area contributed by atoms with Crippen molar-refractivity contribution in [3.63, 3.8) is 0 Å². The molecule has 2 aromatic carbocycles. The first kappa shape index (κ1) is 19.7. The molecule has 1 aliphatic heterocycles. The van der Waals surface area contributed by atoms with Crippen LogP contribution < -0.4 is 19.5 Å². The van der Waals surface area contributed by atoms with E-state index in [4.69, 9.17) is 14.2 Å². The van der Waals surface area contributed by atoms with Gasteiger partial charge in [0.15, 0.2) is 23.1 Å². The van der Waals surface area contributed by atoms with E-state index in [-0.39, 0.29) is 24.9 Å². The Balaban J connectivity index is 1.51. The second-order valence-corrected chi connectivity index (χ2v) is 6.30. The SMILES string of the molecule is COc1cc2c(cc1OC)CN(C(=O)NCCOc1ccc(F)c(F)c1)CC2. The monoisotopic (exact) mass is 392 g/mol. The molecule has 0 radical (unpaired) electrons. The summed E-state index contributed by atoms with van der Waals surface area (Å²) >= 11 is 0. The molecule has 8 heteroatoms. The summed E-state index contributed by atoms with van der Waals surface area (Å²) in [4.78, 5) is 14.1. The van der Waals surface area contributed by atoms with Crippen molar-refractivity contribution in [1.29, 1.82) is 0 Å². The molecule has 0 unspecified atom stereocenters. The summed E-state index contributed by atoms with van der Waals surface area (Å²) in [7, 11) is 3.17. The third kappa shape index (κ3) is 4.44. The zero-order chi connectivity index (χ0) is 20.1. The van der Waals surface area contributed by atoms with Crippen LogP contribution in [0.4, 0.5) is 13.6 Å². The molecule has 1 N–H and O–H groups in total. The minimum atomic E-state index is -0.972. The summed E-state index contributed by atoms with van der Waals surface area (Å²) in [5, 5.41) is 2.77. The van der Waals surface area contributed by atoms with Crippen molar-refractivity contribution in [2.75, 3.05) is 33.9 Å². The zero-order valence-electron chi connectivity index (χ0n) is 15.8. The molecule has 0 saturated heterocycles. The van der Waals surface area contributed by atoms with Crippen LogP contribution in [0.2, 0.25) is 0 Å². The highest BCUT2D eigenvalue weighted by molar-refractivity contribution is 5.74. The highest BCUT2D eigenvalue weighted by Gasteiger charge is 2.22. The Bertz CT molecular complexity index is 860. The number of carbonyl (C=O) groups is 1. The number of benzene rings is 2. The van der Waals surface area contributed by atoms with Crippen molar-refractivity contribution in [2.24, 2.45) is 0 Å². The van der Waals surface area contributed by atoms with Gasteiger partial charge in [0.25, 0.3) is 0 Å². The van der Waals surface area contributed by atoms with Gasteiger partial charge in [-0.15, -0.1) is 0 Å². The van der Waals surface area contributed by atoms with E-state index in [0.717, 1.165) is 23.3 Å². The van der Waals surface area contributed by atoms with Crippen molar-refractivity contribution in [3.8, 4) is 17.2 Å². The highest BCUT2D eigenvalue weighted by atomic mass is 19.2. The molecular weight excluding hydrogens is 370 g/mol. The maximum Gasteiger partial charge on any atom is 0.317 e. The first-order valence-corrected chi connectivity index (χ1v) is 8.86. The molecule has 3 rings (SSSR count). The van der Waals surface area contributed by atoms with Crippen LogP contribution in [0.15, 0.2) is 30.3 Å². The van der Waals surface area contributed by atoms with E-state index >= 15 is 0 Å². The number of carbonyl (C=O) groups excluding carboxylic acids is 1. The minimum Gasteiger partial charge on any atom is -0.493 e. The second-order valence-electron chi connectivity index (χ2n) is 6.30. The van der Waals surface area contributed by atoms with E-state index in [1.165, 1.54) is 6.07 Å². The van der Waals surface area contributed by atoms with Gasteiger partial charge < -0.3 is 24.4 Å². The number of methoxy groups -OCH3 is 2. The highest BCUT2D eigenvalue weighted by Crippen LogP contribution is 2.33. The molecule has 0 aliphatic carbocycles. The predicted molar refractivity (Wildman–Crippen MR) is 98.9 cm³/mol. The van der Waals surface area contributed by atoms with Gasteiger partial charge in [-0.3, -0.25) is 0 Å². The number of fused-ring (bicyclic) bond motifs is 1. The zero-order valence-corrected chi connectivity index (χ0v) is 15.8. The van der Waals surface area contributed by atoms with E-state index in [9.17, 15) is 13.6 Å². The maximum atomic E-state index is 13.1. The van der Waals surface area contributed by atoms with Crippen molar-refractivity contribution in [3.05, 3.63) is 53.1 Å². The quantitative estimate of drug-likeness (QED) is 0.768. The summed E-state index contributed by atoms with van der Waals surface area (Å²) in [5.74, 6) is -0.390. The number of nitrogens with zero attached hydrogens (tertiary/aromatic N) is 1. The van der Waals surface area contributed by atoms with Crippen LogP contribution in [0.3, 0.4) is 0 Å². The largest absolute Gasteiger partial charge is 0.493 e. The van der Waals surface area contributed by atoms with Gasteiger partial charge in [-0.05, 0) is 41.8 Å². The summed E-state index contributed by atoms with van der Waals surface area (Å²) in [6.07, 6.45) is 0.717. The van der Waals surface area contributed by atoms with Crippen molar-refractivity contribution in [1.82, 2.24) is 10.2 Å². The van der Waals surface area contributed by atoms with E-state index in [1.54, 1.807) is 19.1 Å². The number of halogens is 2. The van der Waals surface area contributed by atoms with Gasteiger partial charge in [0.1, 0.15) is 12.4 Å². The number of hydrogen-bond acceptors (Lipinski definition) is 4. The summed E-state index contributed by atoms with van der Waals surface area (Å²) in [6.45, 7) is 1.43. The van der Waals surface area contributed by atoms with Crippen LogP contribution in [0.1, 0.15) is 11.1 Å². The first-order valence-electron chi connectivity index (χ1n) is 8.86. The molecule has 0 fully saturated rings. The van der Waals surface area contributed by atoms with Gasteiger partial charge in [-0.1, -0.05) is 0 Å². The van der Waals surface area contributed by atoms with Crippen LogP contribution in [-0.2, 0) is 13.0 Å². The Morgan fingerprint density at radius 2 is 1.79 bits per heavy atom. The van der Waals surface area contributed by atoms with Gasteiger partial charge in [-0.2, -0.15) is 0 Å². The molecule has 2 aromatic rings. The lowest BCUT2D eigenvalue weighted by atomic mass is 9.99. The standard InChI is InChI=1S/C20H22F2N2O4/c1-26-18-9-13-5-7-24(12-14(13)10-19(18)27-2)20(25)23-6-8-28-15-3-4-16(21)17(22)11-15/h3-4,9-11H,5-8,12H2,1-2H3,(H,23,25). The van der Waals surface area contributed by atoms with Crippen LogP contribution in [0, 0.1) is 11.6 Å². The van der Waals surface area contributed by atoms with Gasteiger partial charge in [0, 0.05) is 19.2 Å². The summed E-state index contributed by atoms with van der Waals surface area (Å²) < 4.78 is 42.0. The molecule has 28 heavy (non-hydrogen) atoms. The second kappa shape index (κ2) is 8.77. The lowest BCUT2D eigenvalue weighted by molar-refractivity contribution is 0.189. The molecule has 0 aromatic heterocycles. The van der Waals surface area contributed by atoms with E-state index in [2.05, 4.69) is 5.32 Å². The van der Waals surface area contributed by atoms with Crippen LogP contribution in [0.5, 0.6) is 17.2 Å². The predicted octanol–water partition coefficient (Wildman–Crippen LogP) is 3.13. The third-order valence-corrected chi connectivity index (χ3v) is 4.54. The Hall–Kier alpha value is -3.03. The van der Waals surface area contributed by atoms with E-state index in [0.29, 0.717) is 31.0 Å². The Kier molecular flexibility index (Phi) is 6.18. The fourth-order valence-corrected chi connectivity index (χ4v) is 3.06. The number of urea groups is 1. The summed E-state index contributed by atoms with van der Waals surface area (Å²) in [6, 6.07) is 6.93. The fraction of sp³-hybridized carbons (Fsp3) is 0.350. The van der Waals surface area contributed by atoms with Crippen LogP contribution in [-0.4, -0.2) is 44.8 Å². The molecule has 150 valence electrons. The third-order valence-electron chi connectivity index (χ3n) is 4.54. The van der Waals surface area contributed by atoms with Crippen LogP contribution >= 0.6 is 0 Å². The number of amides is 2. The summed E-state index contributed by atoms with van der Waals surface area (Å²) in [5.41, 5.74) is 2.14. The van der Waals surface area contributed by atoms with Gasteiger partial charge in [0.05, 0.1) is 20.8 Å². The molecule has 1 aliphatic rings. The van der Waals surface area contributed by atoms with Gasteiger partial charge >= 0.3 is 6.03 Å². The lowest BCUT2D eigenvalue weighted by Crippen LogP contribution is -2.43. The topological polar surface area (TPSA) is 60.0 Å². The number of nitrogens with one attached hydrogen (secondary N) is 1. The lowest BCUT2D eigenvalue weighted by Gasteiger charge is -2.29. The Morgan fingerprint density at radius 1 is 1.07 bits per heavy atom. The smallest absolute Gasteiger partial charge is 0.317 e. The molecule has 6 nitrogen and oxygen atoms in total. The molecule has 1 heterocycles. The van der Waals surface area contributed by atoms with Crippen molar-refractivity contribution in [2.45, 2.75) is 13.0 Å². The average Bonchev–Trinajstić information content (AvgIpc) is 2.71. The maximum absolute atomic E-state index is 13.1. The average molecular weight is 392 g/mol. The van der Waals surface area contributed by atoms with Crippen molar-refractivity contribution < 1.29 is 27.8 Å². The molecule has 0 atom stereocenters. The molecule has 0 saturated carbocycles. The van der Waals surface area contributed by atoms with Crippen molar-refractivity contribution >= 4 is 6.03 Å². The molecule has 0 spiro atoms. The van der Waals surface area contributed by atoms with Gasteiger partial charge in [-0.25, -0.2) is 13.6 Å². The molecular formula is C20H22F2N2O4. The van der Waals surface area contributed by atoms with E-state index in [1.807, 2.05) is 12.1 Å².